The van der Waals surface area contributed by atoms with Gasteiger partial charge in [0.15, 0.2) is 0 Å². The van der Waals surface area contributed by atoms with Crippen LogP contribution in [0.1, 0.15) is 5.56 Å². The van der Waals surface area contributed by atoms with Gasteiger partial charge >= 0.3 is 0 Å². The molecule has 0 aromatic heterocycles. The van der Waals surface area contributed by atoms with Crippen LogP contribution in [0.25, 0.3) is 0 Å². The van der Waals surface area contributed by atoms with Crippen molar-refractivity contribution < 1.29 is 5.11 Å². The van der Waals surface area contributed by atoms with Crippen molar-refractivity contribution in [2.75, 3.05) is 5.75 Å². The number of benzene rings is 2. The molecule has 0 aliphatic carbocycles. The van der Waals surface area contributed by atoms with Gasteiger partial charge in [0.2, 0.25) is 0 Å². The van der Waals surface area contributed by atoms with Gasteiger partial charge in [-0.15, -0.1) is 11.8 Å². The first-order valence-electron chi connectivity index (χ1n) is 5.95. The molecule has 0 saturated carbocycles. The second kappa shape index (κ2) is 7.34. The molecule has 1 unspecified atom stereocenters. The van der Waals surface area contributed by atoms with E-state index in [0.29, 0.717) is 12.2 Å². The minimum Gasteiger partial charge on any atom is -0.392 e. The molecule has 0 aliphatic heterocycles. The van der Waals surface area contributed by atoms with Crippen LogP contribution in [0.3, 0.4) is 0 Å². The Morgan fingerprint density at radius 3 is 2.47 bits per heavy atom. The predicted molar refractivity (Wildman–Crippen MR) is 86.0 cm³/mol. The van der Waals surface area contributed by atoms with Crippen molar-refractivity contribution in [1.82, 2.24) is 0 Å². The molecule has 0 saturated heterocycles. The maximum atomic E-state index is 10.1. The third kappa shape index (κ3) is 4.84. The number of thioether (sulfide) groups is 1. The van der Waals surface area contributed by atoms with Crippen LogP contribution in [-0.4, -0.2) is 17.0 Å². The third-order valence-electron chi connectivity index (χ3n) is 2.65. The monoisotopic (exact) mass is 356 g/mol. The lowest BCUT2D eigenvalue weighted by Gasteiger charge is -2.11. The zero-order valence-electron chi connectivity index (χ0n) is 10.2. The van der Waals surface area contributed by atoms with Crippen molar-refractivity contribution in [3.8, 4) is 0 Å². The quantitative estimate of drug-likeness (QED) is 0.776. The van der Waals surface area contributed by atoms with E-state index in [9.17, 15) is 5.11 Å². The van der Waals surface area contributed by atoms with Gasteiger partial charge in [-0.1, -0.05) is 35.9 Å². The van der Waals surface area contributed by atoms with Gasteiger partial charge in [-0.05, 0) is 52.2 Å². The number of hydrogen-bond acceptors (Lipinski definition) is 2. The molecule has 0 spiro atoms. The van der Waals surface area contributed by atoms with Crippen LogP contribution in [0.4, 0.5) is 0 Å². The normalized spacial score (nSPS) is 12.4. The van der Waals surface area contributed by atoms with Crippen molar-refractivity contribution in [2.45, 2.75) is 17.4 Å². The number of rotatable bonds is 5. The van der Waals surface area contributed by atoms with Crippen LogP contribution < -0.4 is 0 Å². The first kappa shape index (κ1) is 14.9. The molecule has 100 valence electrons. The molecule has 0 radical (unpaired) electrons. The molecule has 0 heterocycles. The second-order valence-electron chi connectivity index (χ2n) is 4.23. The summed E-state index contributed by atoms with van der Waals surface area (Å²) in [5.41, 5.74) is 1.10. The van der Waals surface area contributed by atoms with E-state index in [1.54, 1.807) is 11.8 Å². The smallest absolute Gasteiger partial charge is 0.0674 e. The highest BCUT2D eigenvalue weighted by atomic mass is 79.9. The van der Waals surface area contributed by atoms with Gasteiger partial charge in [0.05, 0.1) is 6.10 Å². The fourth-order valence-electron chi connectivity index (χ4n) is 1.70. The lowest BCUT2D eigenvalue weighted by atomic mass is 10.1. The molecule has 0 fully saturated rings. The van der Waals surface area contributed by atoms with Crippen molar-refractivity contribution in [3.63, 3.8) is 0 Å². The van der Waals surface area contributed by atoms with Crippen LogP contribution in [0.15, 0.2) is 57.9 Å². The van der Waals surface area contributed by atoms with Gasteiger partial charge in [-0.25, -0.2) is 0 Å². The van der Waals surface area contributed by atoms with Gasteiger partial charge in [-0.3, -0.25) is 0 Å². The average molecular weight is 358 g/mol. The molecule has 1 nitrogen and oxygen atoms in total. The van der Waals surface area contributed by atoms with E-state index < -0.39 is 0 Å². The Kier molecular flexibility index (Phi) is 5.76. The molecular weight excluding hydrogens is 344 g/mol. The number of aliphatic hydroxyl groups is 1. The summed E-state index contributed by atoms with van der Waals surface area (Å²) in [5, 5.41) is 10.8. The first-order valence-corrected chi connectivity index (χ1v) is 8.10. The predicted octanol–water partition coefficient (Wildman–Crippen LogP) is 4.80. The summed E-state index contributed by atoms with van der Waals surface area (Å²) in [6.45, 7) is 0. The fraction of sp³-hybridized carbons (Fsp3) is 0.200. The van der Waals surface area contributed by atoms with Gasteiger partial charge in [-0.2, -0.15) is 0 Å². The molecule has 2 aromatic rings. The van der Waals surface area contributed by atoms with Gasteiger partial charge < -0.3 is 5.11 Å². The molecule has 2 rings (SSSR count). The Hall–Kier alpha value is -0.480. The minimum atomic E-state index is -0.363. The van der Waals surface area contributed by atoms with E-state index >= 15 is 0 Å². The molecule has 4 heteroatoms. The van der Waals surface area contributed by atoms with Crippen molar-refractivity contribution >= 4 is 39.3 Å². The Labute approximate surface area is 131 Å². The summed E-state index contributed by atoms with van der Waals surface area (Å²) >= 11 is 11.0. The van der Waals surface area contributed by atoms with E-state index in [0.717, 1.165) is 20.0 Å². The summed E-state index contributed by atoms with van der Waals surface area (Å²) in [5.74, 6) is 0.672. The summed E-state index contributed by atoms with van der Waals surface area (Å²) in [6, 6.07) is 15.6. The Morgan fingerprint density at radius 2 is 1.79 bits per heavy atom. The van der Waals surface area contributed by atoms with Crippen LogP contribution in [0.5, 0.6) is 0 Å². The standard InChI is InChI=1S/C15H14BrClOS/c16-14-3-1-2-4-15(14)19-10-13(18)9-11-5-7-12(17)8-6-11/h1-8,13,18H,9-10H2. The van der Waals surface area contributed by atoms with Crippen LogP contribution in [0.2, 0.25) is 5.02 Å². The largest absolute Gasteiger partial charge is 0.392 e. The minimum absolute atomic E-state index is 0.363. The van der Waals surface area contributed by atoms with E-state index in [1.807, 2.05) is 48.5 Å². The van der Waals surface area contributed by atoms with E-state index in [4.69, 9.17) is 11.6 Å². The molecule has 0 aliphatic rings. The van der Waals surface area contributed by atoms with E-state index in [2.05, 4.69) is 15.9 Å². The van der Waals surface area contributed by atoms with E-state index in [1.165, 1.54) is 0 Å². The zero-order valence-corrected chi connectivity index (χ0v) is 13.4. The molecule has 19 heavy (non-hydrogen) atoms. The van der Waals surface area contributed by atoms with Gasteiger partial charge in [0.1, 0.15) is 0 Å². The summed E-state index contributed by atoms with van der Waals surface area (Å²) in [7, 11) is 0. The highest BCUT2D eigenvalue weighted by Crippen LogP contribution is 2.27. The maximum absolute atomic E-state index is 10.1. The number of halogens is 2. The highest BCUT2D eigenvalue weighted by molar-refractivity contribution is 9.10. The Balaban J connectivity index is 1.86. The Bertz CT molecular complexity index is 530. The number of hydrogen-bond donors (Lipinski definition) is 1. The van der Waals surface area contributed by atoms with Gasteiger partial charge in [0, 0.05) is 20.1 Å². The van der Waals surface area contributed by atoms with Gasteiger partial charge in [0.25, 0.3) is 0 Å². The van der Waals surface area contributed by atoms with Crippen molar-refractivity contribution in [3.05, 3.63) is 63.6 Å². The molecule has 0 bridgehead atoms. The van der Waals surface area contributed by atoms with E-state index in [-0.39, 0.29) is 6.10 Å². The molecule has 1 N–H and O–H groups in total. The number of aliphatic hydroxyl groups excluding tert-OH is 1. The maximum Gasteiger partial charge on any atom is 0.0674 e. The topological polar surface area (TPSA) is 20.2 Å². The highest BCUT2D eigenvalue weighted by Gasteiger charge is 2.08. The SMILES string of the molecule is OC(CSc1ccccc1Br)Cc1ccc(Cl)cc1. The van der Waals surface area contributed by atoms with Crippen LogP contribution in [-0.2, 0) is 6.42 Å². The lowest BCUT2D eigenvalue weighted by Crippen LogP contribution is -2.13. The lowest BCUT2D eigenvalue weighted by molar-refractivity contribution is 0.200. The third-order valence-corrected chi connectivity index (χ3v) is 5.08. The molecule has 1 atom stereocenters. The first-order chi connectivity index (χ1) is 9.15. The fourth-order valence-corrected chi connectivity index (χ4v) is 3.32. The molecule has 0 amide bonds. The average Bonchev–Trinajstić information content (AvgIpc) is 2.40. The second-order valence-corrected chi connectivity index (χ2v) is 6.58. The summed E-state index contributed by atoms with van der Waals surface area (Å²) < 4.78 is 1.07. The summed E-state index contributed by atoms with van der Waals surface area (Å²) in [4.78, 5) is 1.15. The summed E-state index contributed by atoms with van der Waals surface area (Å²) in [6.07, 6.45) is 0.285. The van der Waals surface area contributed by atoms with Crippen molar-refractivity contribution in [1.29, 1.82) is 0 Å². The zero-order chi connectivity index (χ0) is 13.7. The Morgan fingerprint density at radius 1 is 1.11 bits per heavy atom. The van der Waals surface area contributed by atoms with Crippen LogP contribution in [0, 0.1) is 0 Å². The van der Waals surface area contributed by atoms with Crippen molar-refractivity contribution in [2.24, 2.45) is 0 Å². The molecular formula is C15H14BrClOS. The molecule has 2 aromatic carbocycles. The van der Waals surface area contributed by atoms with Crippen LogP contribution >= 0.6 is 39.3 Å².